The molecule has 0 amide bonds. The van der Waals surface area contributed by atoms with Crippen LogP contribution in [0.5, 0.6) is 0 Å². The van der Waals surface area contributed by atoms with Gasteiger partial charge in [-0.2, -0.15) is 0 Å². The third kappa shape index (κ3) is 5.80. The van der Waals surface area contributed by atoms with Gasteiger partial charge in [0.25, 0.3) is 0 Å². The Labute approximate surface area is 131 Å². The highest BCUT2D eigenvalue weighted by Crippen LogP contribution is 2.20. The van der Waals surface area contributed by atoms with Crippen molar-refractivity contribution in [2.24, 2.45) is 0 Å². The molecule has 0 saturated heterocycles. The SMILES string of the molecule is CCCNC(CN(C)C(CC)CC)c1cc(C)cc(C)c1. The Hall–Kier alpha value is -0.860. The van der Waals surface area contributed by atoms with Crippen LogP contribution in [0, 0.1) is 13.8 Å². The molecule has 2 heteroatoms. The summed E-state index contributed by atoms with van der Waals surface area (Å²) in [5.74, 6) is 0. The van der Waals surface area contributed by atoms with Crippen LogP contribution in [0.3, 0.4) is 0 Å². The summed E-state index contributed by atoms with van der Waals surface area (Å²) < 4.78 is 0. The van der Waals surface area contributed by atoms with Crippen LogP contribution in [0.4, 0.5) is 0 Å². The summed E-state index contributed by atoms with van der Waals surface area (Å²) in [5, 5.41) is 3.73. The summed E-state index contributed by atoms with van der Waals surface area (Å²) in [6, 6.07) is 8.03. The van der Waals surface area contributed by atoms with Gasteiger partial charge in [0.1, 0.15) is 0 Å². The van der Waals surface area contributed by atoms with Crippen LogP contribution in [0.25, 0.3) is 0 Å². The van der Waals surface area contributed by atoms with E-state index in [4.69, 9.17) is 0 Å². The van der Waals surface area contributed by atoms with Gasteiger partial charge < -0.3 is 10.2 Å². The minimum Gasteiger partial charge on any atom is -0.309 e. The van der Waals surface area contributed by atoms with E-state index in [9.17, 15) is 0 Å². The molecular formula is C19H34N2. The Morgan fingerprint density at radius 1 is 1.00 bits per heavy atom. The quantitative estimate of drug-likeness (QED) is 0.722. The van der Waals surface area contributed by atoms with E-state index in [1.807, 2.05) is 0 Å². The van der Waals surface area contributed by atoms with Crippen LogP contribution in [0.15, 0.2) is 18.2 Å². The van der Waals surface area contributed by atoms with Gasteiger partial charge in [-0.1, -0.05) is 50.1 Å². The first-order chi connectivity index (χ1) is 10.0. The molecule has 2 nitrogen and oxygen atoms in total. The zero-order valence-corrected chi connectivity index (χ0v) is 14.9. The maximum absolute atomic E-state index is 3.73. The van der Waals surface area contributed by atoms with Crippen LogP contribution in [-0.4, -0.2) is 31.1 Å². The van der Waals surface area contributed by atoms with Gasteiger partial charge in [0.15, 0.2) is 0 Å². The number of nitrogens with one attached hydrogen (secondary N) is 1. The van der Waals surface area contributed by atoms with Gasteiger partial charge in [-0.3, -0.25) is 0 Å². The molecule has 0 saturated carbocycles. The van der Waals surface area contributed by atoms with Crippen molar-refractivity contribution in [2.45, 2.75) is 66.0 Å². The van der Waals surface area contributed by atoms with Gasteiger partial charge in [0, 0.05) is 18.6 Å². The summed E-state index contributed by atoms with van der Waals surface area (Å²) in [7, 11) is 2.26. The number of benzene rings is 1. The van der Waals surface area contributed by atoms with Gasteiger partial charge in [-0.05, 0) is 52.3 Å². The Morgan fingerprint density at radius 2 is 1.57 bits per heavy atom. The van der Waals surface area contributed by atoms with E-state index in [1.165, 1.54) is 36.0 Å². The molecule has 0 bridgehead atoms. The Bertz CT molecular complexity index is 390. The lowest BCUT2D eigenvalue weighted by Crippen LogP contribution is -2.38. The van der Waals surface area contributed by atoms with Gasteiger partial charge in [0.05, 0.1) is 0 Å². The van der Waals surface area contributed by atoms with Crippen molar-refractivity contribution in [3.05, 3.63) is 34.9 Å². The van der Waals surface area contributed by atoms with Crippen molar-refractivity contribution < 1.29 is 0 Å². The van der Waals surface area contributed by atoms with Crippen LogP contribution in [-0.2, 0) is 0 Å². The third-order valence-electron chi connectivity index (χ3n) is 4.32. The fraction of sp³-hybridized carbons (Fsp3) is 0.684. The average Bonchev–Trinajstić information content (AvgIpc) is 2.43. The Kier molecular flexibility index (Phi) is 7.98. The lowest BCUT2D eigenvalue weighted by molar-refractivity contribution is 0.206. The van der Waals surface area contributed by atoms with Gasteiger partial charge in [-0.15, -0.1) is 0 Å². The minimum absolute atomic E-state index is 0.425. The van der Waals surface area contributed by atoms with Crippen molar-refractivity contribution in [2.75, 3.05) is 20.1 Å². The van der Waals surface area contributed by atoms with E-state index < -0.39 is 0 Å². The predicted octanol–water partition coefficient (Wildman–Crippen LogP) is 4.46. The molecule has 0 spiro atoms. The summed E-state index contributed by atoms with van der Waals surface area (Å²) in [5.41, 5.74) is 4.15. The van der Waals surface area contributed by atoms with Gasteiger partial charge in [-0.25, -0.2) is 0 Å². The maximum Gasteiger partial charge on any atom is 0.0449 e. The van der Waals surface area contributed by atoms with Crippen LogP contribution in [0.2, 0.25) is 0 Å². The first-order valence-corrected chi connectivity index (χ1v) is 8.53. The first kappa shape index (κ1) is 18.2. The maximum atomic E-state index is 3.73. The molecule has 0 aliphatic rings. The van der Waals surface area contributed by atoms with E-state index >= 15 is 0 Å². The van der Waals surface area contributed by atoms with E-state index in [0.29, 0.717) is 12.1 Å². The van der Waals surface area contributed by atoms with Crippen LogP contribution in [0.1, 0.15) is 62.8 Å². The van der Waals surface area contributed by atoms with E-state index in [-0.39, 0.29) is 0 Å². The number of hydrogen-bond donors (Lipinski definition) is 1. The molecule has 0 heterocycles. The molecule has 1 N–H and O–H groups in total. The minimum atomic E-state index is 0.425. The second-order valence-corrected chi connectivity index (χ2v) is 6.34. The van der Waals surface area contributed by atoms with Gasteiger partial charge >= 0.3 is 0 Å². The Balaban J connectivity index is 2.88. The van der Waals surface area contributed by atoms with Crippen molar-refractivity contribution in [3.63, 3.8) is 0 Å². The molecule has 0 fully saturated rings. The lowest BCUT2D eigenvalue weighted by atomic mass is 10.00. The van der Waals surface area contributed by atoms with Crippen LogP contribution >= 0.6 is 0 Å². The summed E-state index contributed by atoms with van der Waals surface area (Å²) in [4.78, 5) is 2.52. The number of rotatable bonds is 9. The molecule has 1 aromatic carbocycles. The van der Waals surface area contributed by atoms with Crippen molar-refractivity contribution >= 4 is 0 Å². The number of likely N-dealkylation sites (N-methyl/N-ethyl adjacent to an activating group) is 1. The number of aryl methyl sites for hydroxylation is 2. The zero-order valence-electron chi connectivity index (χ0n) is 14.9. The van der Waals surface area contributed by atoms with E-state index in [0.717, 1.165) is 13.1 Å². The van der Waals surface area contributed by atoms with E-state index in [1.54, 1.807) is 0 Å². The van der Waals surface area contributed by atoms with Crippen molar-refractivity contribution in [3.8, 4) is 0 Å². The summed E-state index contributed by atoms with van der Waals surface area (Å²) in [6.45, 7) is 13.3. The van der Waals surface area contributed by atoms with Crippen molar-refractivity contribution in [1.29, 1.82) is 0 Å². The second kappa shape index (κ2) is 9.22. The Morgan fingerprint density at radius 3 is 2.05 bits per heavy atom. The summed E-state index contributed by atoms with van der Waals surface area (Å²) >= 11 is 0. The van der Waals surface area contributed by atoms with Crippen molar-refractivity contribution in [1.82, 2.24) is 10.2 Å². The molecule has 120 valence electrons. The molecular weight excluding hydrogens is 256 g/mol. The molecule has 1 unspecified atom stereocenters. The lowest BCUT2D eigenvalue weighted by Gasteiger charge is -2.31. The normalized spacial score (nSPS) is 13.1. The highest BCUT2D eigenvalue weighted by Gasteiger charge is 2.18. The predicted molar refractivity (Wildman–Crippen MR) is 94.0 cm³/mol. The monoisotopic (exact) mass is 290 g/mol. The highest BCUT2D eigenvalue weighted by molar-refractivity contribution is 5.31. The fourth-order valence-electron chi connectivity index (χ4n) is 3.17. The highest BCUT2D eigenvalue weighted by atomic mass is 15.2. The zero-order chi connectivity index (χ0) is 15.8. The topological polar surface area (TPSA) is 15.3 Å². The second-order valence-electron chi connectivity index (χ2n) is 6.34. The van der Waals surface area contributed by atoms with Crippen LogP contribution < -0.4 is 5.32 Å². The van der Waals surface area contributed by atoms with E-state index in [2.05, 4.69) is 70.1 Å². The first-order valence-electron chi connectivity index (χ1n) is 8.53. The molecule has 21 heavy (non-hydrogen) atoms. The third-order valence-corrected chi connectivity index (χ3v) is 4.32. The molecule has 0 radical (unpaired) electrons. The average molecular weight is 290 g/mol. The molecule has 1 aromatic rings. The fourth-order valence-corrected chi connectivity index (χ4v) is 3.17. The standard InChI is InChI=1S/C19H34N2/c1-7-10-20-19(14-21(6)18(8-2)9-3)17-12-15(4)11-16(5)13-17/h11-13,18-20H,7-10,14H2,1-6H3. The van der Waals surface area contributed by atoms with Gasteiger partial charge in [0.2, 0.25) is 0 Å². The smallest absolute Gasteiger partial charge is 0.0449 e. The molecule has 1 rings (SSSR count). The molecule has 0 aromatic heterocycles. The molecule has 1 atom stereocenters. The number of nitrogens with zero attached hydrogens (tertiary/aromatic N) is 1. The number of hydrogen-bond acceptors (Lipinski definition) is 2. The largest absolute Gasteiger partial charge is 0.309 e. The molecule has 0 aliphatic heterocycles. The molecule has 0 aliphatic carbocycles. The summed E-state index contributed by atoms with van der Waals surface area (Å²) in [6.07, 6.45) is 3.62.